The Morgan fingerprint density at radius 1 is 0.667 bits per heavy atom. The summed E-state index contributed by atoms with van der Waals surface area (Å²) in [6.45, 7) is 9.22. The van der Waals surface area contributed by atoms with Crippen LogP contribution in [-0.4, -0.2) is 9.55 Å². The zero-order valence-electron chi connectivity index (χ0n) is 20.0. The van der Waals surface area contributed by atoms with Gasteiger partial charge in [-0.3, -0.25) is 4.57 Å². The number of nitrogens with zero attached hydrogens (tertiary/aromatic N) is 2. The molecule has 0 spiro atoms. The Bertz CT molecular complexity index is 1380. The molecule has 0 N–H and O–H groups in total. The van der Waals surface area contributed by atoms with Gasteiger partial charge in [0.2, 0.25) is 0 Å². The third-order valence-electron chi connectivity index (χ3n) is 6.26. The normalized spacial score (nSPS) is 11.8. The van der Waals surface area contributed by atoms with Crippen molar-refractivity contribution in [2.75, 3.05) is 0 Å². The van der Waals surface area contributed by atoms with E-state index in [1.165, 1.54) is 33.1 Å². The fraction of sp³-hybridized carbons (Fsp3) is 0.258. The molecule has 0 saturated heterocycles. The van der Waals surface area contributed by atoms with Crippen molar-refractivity contribution in [3.8, 4) is 17.1 Å². The minimum Gasteiger partial charge on any atom is -0.291 e. The number of rotatable bonds is 6. The average molecular weight is 433 g/mol. The molecule has 5 rings (SSSR count). The van der Waals surface area contributed by atoms with Crippen molar-refractivity contribution in [2.24, 2.45) is 11.8 Å². The summed E-state index contributed by atoms with van der Waals surface area (Å²) in [4.78, 5) is 5.21. The SMILES string of the molecule is CC(C)Cc1cccc(CC(C)C)c1-n1c(-c2ccccc2)nc2ccc3ccccc3c21. The summed E-state index contributed by atoms with van der Waals surface area (Å²) in [5, 5.41) is 2.50. The number of para-hydroxylation sites is 1. The van der Waals surface area contributed by atoms with E-state index in [2.05, 4.69) is 117 Å². The standard InChI is InChI=1S/C31H32N2/c1-21(2)19-25-14-10-15-26(20-22(3)4)29(25)33-30-27-16-9-8-11-23(27)17-18-28(30)32-31(33)24-12-6-5-7-13-24/h5-18,21-22H,19-20H2,1-4H3. The molecule has 2 nitrogen and oxygen atoms in total. The molecule has 1 heterocycles. The summed E-state index contributed by atoms with van der Waals surface area (Å²) < 4.78 is 2.46. The molecule has 0 aliphatic carbocycles. The van der Waals surface area contributed by atoms with Gasteiger partial charge in [-0.2, -0.15) is 0 Å². The summed E-state index contributed by atoms with van der Waals surface area (Å²) in [6, 6.07) is 30.5. The number of fused-ring (bicyclic) bond motifs is 3. The fourth-order valence-corrected chi connectivity index (χ4v) is 4.98. The molecule has 33 heavy (non-hydrogen) atoms. The van der Waals surface area contributed by atoms with Crippen LogP contribution in [0.4, 0.5) is 0 Å². The molecule has 0 saturated carbocycles. The van der Waals surface area contributed by atoms with E-state index in [1.54, 1.807) is 0 Å². The number of hydrogen-bond acceptors (Lipinski definition) is 1. The first-order valence-corrected chi connectivity index (χ1v) is 12.1. The number of benzene rings is 4. The molecule has 0 aliphatic heterocycles. The van der Waals surface area contributed by atoms with Gasteiger partial charge in [0.1, 0.15) is 5.82 Å². The van der Waals surface area contributed by atoms with E-state index in [4.69, 9.17) is 4.98 Å². The first kappa shape index (κ1) is 21.5. The maximum atomic E-state index is 5.21. The van der Waals surface area contributed by atoms with Crippen LogP contribution in [0.2, 0.25) is 0 Å². The smallest absolute Gasteiger partial charge is 0.145 e. The lowest BCUT2D eigenvalue weighted by atomic mass is 9.93. The molecule has 0 radical (unpaired) electrons. The van der Waals surface area contributed by atoms with Crippen LogP contribution in [-0.2, 0) is 12.8 Å². The monoisotopic (exact) mass is 432 g/mol. The highest BCUT2D eigenvalue weighted by atomic mass is 15.1. The van der Waals surface area contributed by atoms with Crippen molar-refractivity contribution >= 4 is 21.8 Å². The summed E-state index contributed by atoms with van der Waals surface area (Å²) >= 11 is 0. The molecule has 0 atom stereocenters. The second-order valence-corrected chi connectivity index (χ2v) is 9.91. The maximum Gasteiger partial charge on any atom is 0.145 e. The van der Waals surface area contributed by atoms with Crippen LogP contribution >= 0.6 is 0 Å². The van der Waals surface area contributed by atoms with Crippen molar-refractivity contribution < 1.29 is 0 Å². The summed E-state index contributed by atoms with van der Waals surface area (Å²) in [5.41, 5.74) is 7.50. The van der Waals surface area contributed by atoms with Gasteiger partial charge in [0.15, 0.2) is 0 Å². The lowest BCUT2D eigenvalue weighted by Crippen LogP contribution is -2.10. The minimum atomic E-state index is 0.574. The summed E-state index contributed by atoms with van der Waals surface area (Å²) in [6.07, 6.45) is 2.08. The van der Waals surface area contributed by atoms with Gasteiger partial charge in [0.05, 0.1) is 16.7 Å². The van der Waals surface area contributed by atoms with Gasteiger partial charge in [0.25, 0.3) is 0 Å². The Labute approximate surface area is 196 Å². The first-order chi connectivity index (χ1) is 16.0. The Morgan fingerprint density at radius 3 is 1.97 bits per heavy atom. The van der Waals surface area contributed by atoms with Crippen LogP contribution < -0.4 is 0 Å². The zero-order chi connectivity index (χ0) is 22.9. The molecule has 2 heteroatoms. The van der Waals surface area contributed by atoms with Crippen molar-refractivity contribution in [1.82, 2.24) is 9.55 Å². The van der Waals surface area contributed by atoms with Gasteiger partial charge in [0, 0.05) is 10.9 Å². The fourth-order valence-electron chi connectivity index (χ4n) is 4.98. The van der Waals surface area contributed by atoms with Crippen molar-refractivity contribution in [3.63, 3.8) is 0 Å². The van der Waals surface area contributed by atoms with E-state index in [9.17, 15) is 0 Å². The van der Waals surface area contributed by atoms with Crippen LogP contribution in [0.3, 0.4) is 0 Å². The van der Waals surface area contributed by atoms with Gasteiger partial charge in [-0.15, -0.1) is 0 Å². The van der Waals surface area contributed by atoms with Crippen molar-refractivity contribution in [3.05, 3.63) is 96.1 Å². The first-order valence-electron chi connectivity index (χ1n) is 12.1. The average Bonchev–Trinajstić information content (AvgIpc) is 3.19. The molecule has 0 amide bonds. The van der Waals surface area contributed by atoms with Crippen LogP contribution in [0.5, 0.6) is 0 Å². The van der Waals surface area contributed by atoms with Gasteiger partial charge >= 0.3 is 0 Å². The van der Waals surface area contributed by atoms with Gasteiger partial charge in [-0.25, -0.2) is 4.98 Å². The molecule has 0 fully saturated rings. The summed E-state index contributed by atoms with van der Waals surface area (Å²) in [7, 11) is 0. The lowest BCUT2D eigenvalue weighted by molar-refractivity contribution is 0.632. The molecule has 0 unspecified atom stereocenters. The third kappa shape index (κ3) is 4.06. The number of hydrogen-bond donors (Lipinski definition) is 0. The Morgan fingerprint density at radius 2 is 1.30 bits per heavy atom. The summed E-state index contributed by atoms with van der Waals surface area (Å²) in [5.74, 6) is 2.16. The van der Waals surface area contributed by atoms with E-state index >= 15 is 0 Å². The van der Waals surface area contributed by atoms with Gasteiger partial charge < -0.3 is 0 Å². The van der Waals surface area contributed by atoms with Gasteiger partial charge in [-0.05, 0) is 47.3 Å². The van der Waals surface area contributed by atoms with Crippen LogP contribution in [0.25, 0.3) is 38.9 Å². The van der Waals surface area contributed by atoms with Crippen LogP contribution in [0.15, 0.2) is 84.9 Å². The van der Waals surface area contributed by atoms with Crippen LogP contribution in [0.1, 0.15) is 38.8 Å². The molecule has 0 bridgehead atoms. The largest absolute Gasteiger partial charge is 0.291 e. The molecular formula is C31H32N2. The topological polar surface area (TPSA) is 17.8 Å². The van der Waals surface area contributed by atoms with E-state index in [0.717, 1.165) is 29.7 Å². The highest BCUT2D eigenvalue weighted by Gasteiger charge is 2.21. The second kappa shape index (κ2) is 8.86. The predicted octanol–water partition coefficient (Wildman–Crippen LogP) is 8.24. The van der Waals surface area contributed by atoms with E-state index < -0.39 is 0 Å². The minimum absolute atomic E-state index is 0.574. The zero-order valence-corrected chi connectivity index (χ0v) is 20.0. The maximum absolute atomic E-state index is 5.21. The highest BCUT2D eigenvalue weighted by molar-refractivity contribution is 6.06. The molecule has 4 aromatic carbocycles. The van der Waals surface area contributed by atoms with E-state index in [0.29, 0.717) is 11.8 Å². The quantitative estimate of drug-likeness (QED) is 0.264. The molecule has 166 valence electrons. The lowest BCUT2D eigenvalue weighted by Gasteiger charge is -2.21. The van der Waals surface area contributed by atoms with E-state index in [1.807, 2.05) is 0 Å². The third-order valence-corrected chi connectivity index (χ3v) is 6.26. The number of imidazole rings is 1. The molecule has 5 aromatic rings. The molecule has 0 aliphatic rings. The highest BCUT2D eigenvalue weighted by Crippen LogP contribution is 2.36. The Hall–Kier alpha value is -3.39. The van der Waals surface area contributed by atoms with Crippen molar-refractivity contribution in [2.45, 2.75) is 40.5 Å². The second-order valence-electron chi connectivity index (χ2n) is 9.91. The van der Waals surface area contributed by atoms with E-state index in [-0.39, 0.29) is 0 Å². The predicted molar refractivity (Wildman–Crippen MR) is 141 cm³/mol. The Kier molecular flexibility index (Phi) is 5.76. The number of aromatic nitrogens is 2. The van der Waals surface area contributed by atoms with Crippen molar-refractivity contribution in [1.29, 1.82) is 0 Å². The van der Waals surface area contributed by atoms with Gasteiger partial charge in [-0.1, -0.05) is 107 Å². The molecular weight excluding hydrogens is 400 g/mol. The molecule has 1 aromatic heterocycles. The Balaban J connectivity index is 1.94. The van der Waals surface area contributed by atoms with Crippen LogP contribution in [0, 0.1) is 11.8 Å².